The minimum absolute atomic E-state index is 0.0588. The number of rotatable bonds is 19. The number of hydrogen-bond acceptors (Lipinski definition) is 2. The molecule has 4 rings (SSSR count). The number of unbranched alkanes of at least 4 members (excludes halogenated alkanes) is 13. The molecular formula is C40H72O2. The average molecular weight is 585 g/mol. The normalized spacial score (nSPS) is 34.8. The zero-order valence-corrected chi connectivity index (χ0v) is 28.9. The number of esters is 1. The van der Waals surface area contributed by atoms with Gasteiger partial charge in [0.1, 0.15) is 0 Å². The van der Waals surface area contributed by atoms with E-state index in [0.29, 0.717) is 29.8 Å². The molecule has 2 nitrogen and oxygen atoms in total. The van der Waals surface area contributed by atoms with Crippen LogP contribution in [-0.2, 0) is 9.53 Å². The number of carbonyl (C=O) groups is 1. The van der Waals surface area contributed by atoms with Crippen LogP contribution in [0.3, 0.4) is 0 Å². The Bertz CT molecular complexity index is 776. The first-order valence-electron chi connectivity index (χ1n) is 19.6. The van der Waals surface area contributed by atoms with E-state index < -0.39 is 0 Å². The minimum Gasteiger partial charge on any atom is -0.466 e. The summed E-state index contributed by atoms with van der Waals surface area (Å²) in [5.41, 5.74) is 1.15. The van der Waals surface area contributed by atoms with E-state index in [9.17, 15) is 4.79 Å². The molecule has 4 aliphatic rings. The van der Waals surface area contributed by atoms with Gasteiger partial charge in [-0.2, -0.15) is 0 Å². The van der Waals surface area contributed by atoms with E-state index in [-0.39, 0.29) is 5.97 Å². The Hall–Kier alpha value is -0.530. The van der Waals surface area contributed by atoms with Gasteiger partial charge in [0.25, 0.3) is 0 Å². The smallest absolute Gasteiger partial charge is 0.305 e. The third kappa shape index (κ3) is 8.80. The van der Waals surface area contributed by atoms with Crippen LogP contribution in [0.5, 0.6) is 0 Å². The molecule has 2 unspecified atom stereocenters. The quantitative estimate of drug-likeness (QED) is 0.111. The maximum atomic E-state index is 12.6. The molecular weight excluding hydrogens is 512 g/mol. The summed E-state index contributed by atoms with van der Waals surface area (Å²) < 4.78 is 5.69. The highest BCUT2D eigenvalue weighted by atomic mass is 16.5. The maximum absolute atomic E-state index is 12.6. The lowest BCUT2D eigenvalue weighted by atomic mass is 9.44. The van der Waals surface area contributed by atoms with Gasteiger partial charge in [0.05, 0.1) is 6.61 Å². The summed E-state index contributed by atoms with van der Waals surface area (Å²) >= 11 is 0. The molecule has 4 fully saturated rings. The summed E-state index contributed by atoms with van der Waals surface area (Å²) in [6, 6.07) is 0. The number of ether oxygens (including phenoxy) is 1. The van der Waals surface area contributed by atoms with Crippen LogP contribution in [0.4, 0.5) is 0 Å². The molecule has 4 saturated carbocycles. The van der Waals surface area contributed by atoms with Crippen molar-refractivity contribution < 1.29 is 9.53 Å². The van der Waals surface area contributed by atoms with Crippen LogP contribution in [-0.4, -0.2) is 12.6 Å². The van der Waals surface area contributed by atoms with E-state index >= 15 is 0 Å². The fourth-order valence-electron chi connectivity index (χ4n) is 11.4. The molecule has 4 aliphatic carbocycles. The summed E-state index contributed by atoms with van der Waals surface area (Å²) in [5, 5.41) is 0. The molecule has 0 aromatic carbocycles. The van der Waals surface area contributed by atoms with Crippen molar-refractivity contribution in [2.75, 3.05) is 6.61 Å². The lowest BCUT2D eigenvalue weighted by Crippen LogP contribution is -2.53. The number of carbonyl (C=O) groups excluding carboxylic acids is 1. The van der Waals surface area contributed by atoms with Crippen LogP contribution in [0.15, 0.2) is 0 Å². The van der Waals surface area contributed by atoms with Gasteiger partial charge in [-0.05, 0) is 111 Å². The van der Waals surface area contributed by atoms with Crippen molar-refractivity contribution in [3.8, 4) is 0 Å². The van der Waals surface area contributed by atoms with E-state index in [2.05, 4.69) is 27.7 Å². The highest BCUT2D eigenvalue weighted by Gasteiger charge is 2.60. The van der Waals surface area contributed by atoms with Crippen LogP contribution in [0.25, 0.3) is 0 Å². The SMILES string of the molecule is CCCCCCCCCCCCCCCCOC(=O)CCC(C)[C@H]1CC[C@H]2[C@@H]3CCC4CCCC[C@]4(C)[C@H]3CC[C@]12C. The summed E-state index contributed by atoms with van der Waals surface area (Å²) in [7, 11) is 0. The molecule has 0 aromatic heterocycles. The largest absolute Gasteiger partial charge is 0.466 e. The number of fused-ring (bicyclic) bond motifs is 5. The fourth-order valence-corrected chi connectivity index (χ4v) is 11.4. The first-order valence-corrected chi connectivity index (χ1v) is 19.6. The van der Waals surface area contributed by atoms with Gasteiger partial charge in [0.2, 0.25) is 0 Å². The molecule has 0 bridgehead atoms. The highest BCUT2D eigenvalue weighted by Crippen LogP contribution is 2.68. The predicted molar refractivity (Wildman–Crippen MR) is 180 cm³/mol. The molecule has 0 heterocycles. The molecule has 0 radical (unpaired) electrons. The Balaban J connectivity index is 1.04. The van der Waals surface area contributed by atoms with Crippen molar-refractivity contribution in [1.82, 2.24) is 0 Å². The van der Waals surface area contributed by atoms with Gasteiger partial charge in [-0.15, -0.1) is 0 Å². The molecule has 42 heavy (non-hydrogen) atoms. The lowest BCUT2D eigenvalue weighted by molar-refractivity contribution is -0.144. The summed E-state index contributed by atoms with van der Waals surface area (Å²) in [6.07, 6.45) is 35.5. The van der Waals surface area contributed by atoms with Crippen LogP contribution < -0.4 is 0 Å². The van der Waals surface area contributed by atoms with E-state index in [4.69, 9.17) is 4.74 Å². The maximum Gasteiger partial charge on any atom is 0.305 e. The fraction of sp³-hybridized carbons (Fsp3) is 0.975. The van der Waals surface area contributed by atoms with Crippen LogP contribution in [0.1, 0.15) is 195 Å². The standard InChI is InChI=1S/C40H72O2/c1-5-6-7-8-9-10-11-12-13-14-15-16-17-20-31-42-38(41)27-22-32(2)35-25-26-36-34-24-23-33-21-18-19-29-39(33,3)37(34)28-30-40(35,36)4/h32-37H,5-31H2,1-4H3/t32?,33?,34-,35+,36-,37-,39-,40+/m0/s1. The highest BCUT2D eigenvalue weighted by molar-refractivity contribution is 5.69. The summed E-state index contributed by atoms with van der Waals surface area (Å²) in [5.74, 6) is 5.44. The van der Waals surface area contributed by atoms with Crippen LogP contribution >= 0.6 is 0 Å². The average Bonchev–Trinajstić information content (AvgIpc) is 3.35. The first-order chi connectivity index (χ1) is 20.4. The second-order valence-electron chi connectivity index (χ2n) is 16.5. The van der Waals surface area contributed by atoms with Gasteiger partial charge < -0.3 is 4.74 Å². The van der Waals surface area contributed by atoms with Gasteiger partial charge in [-0.3, -0.25) is 4.79 Å². The second-order valence-corrected chi connectivity index (χ2v) is 16.5. The van der Waals surface area contributed by atoms with Crippen molar-refractivity contribution in [3.63, 3.8) is 0 Å². The third-order valence-electron chi connectivity index (χ3n) is 13.9. The van der Waals surface area contributed by atoms with Crippen molar-refractivity contribution in [3.05, 3.63) is 0 Å². The van der Waals surface area contributed by atoms with Gasteiger partial charge in [0.15, 0.2) is 0 Å². The molecule has 244 valence electrons. The van der Waals surface area contributed by atoms with Gasteiger partial charge in [0, 0.05) is 6.42 Å². The van der Waals surface area contributed by atoms with E-state index in [1.54, 1.807) is 0 Å². The summed E-state index contributed by atoms with van der Waals surface area (Å²) in [4.78, 5) is 12.6. The summed E-state index contributed by atoms with van der Waals surface area (Å²) in [6.45, 7) is 10.8. The lowest BCUT2D eigenvalue weighted by Gasteiger charge is -2.61. The minimum atomic E-state index is 0.0588. The third-order valence-corrected chi connectivity index (χ3v) is 13.9. The van der Waals surface area contributed by atoms with E-state index in [0.717, 1.165) is 42.4 Å². The Morgan fingerprint density at radius 1 is 0.690 bits per heavy atom. The van der Waals surface area contributed by atoms with Crippen molar-refractivity contribution in [2.24, 2.45) is 46.3 Å². The molecule has 0 aliphatic heterocycles. The Kier molecular flexibility index (Phi) is 14.1. The van der Waals surface area contributed by atoms with Crippen molar-refractivity contribution in [1.29, 1.82) is 0 Å². The molecule has 8 atom stereocenters. The molecule has 0 saturated heterocycles. The van der Waals surface area contributed by atoms with Crippen LogP contribution in [0.2, 0.25) is 0 Å². The number of hydrogen-bond donors (Lipinski definition) is 0. The van der Waals surface area contributed by atoms with Crippen molar-refractivity contribution in [2.45, 2.75) is 195 Å². The van der Waals surface area contributed by atoms with Gasteiger partial charge in [-0.25, -0.2) is 0 Å². The Morgan fingerprint density at radius 2 is 1.31 bits per heavy atom. The molecule has 0 aromatic rings. The Labute approximate surface area is 262 Å². The van der Waals surface area contributed by atoms with E-state index in [1.165, 1.54) is 148 Å². The zero-order valence-electron chi connectivity index (χ0n) is 28.9. The topological polar surface area (TPSA) is 26.3 Å². The zero-order chi connectivity index (χ0) is 29.8. The molecule has 0 spiro atoms. The monoisotopic (exact) mass is 585 g/mol. The van der Waals surface area contributed by atoms with Gasteiger partial charge in [-0.1, -0.05) is 124 Å². The predicted octanol–water partition coefficient (Wildman–Crippen LogP) is 12.5. The molecule has 2 heteroatoms. The van der Waals surface area contributed by atoms with Crippen molar-refractivity contribution >= 4 is 5.97 Å². The van der Waals surface area contributed by atoms with E-state index in [1.807, 2.05) is 0 Å². The second kappa shape index (κ2) is 17.2. The molecule has 0 N–H and O–H groups in total. The van der Waals surface area contributed by atoms with Gasteiger partial charge >= 0.3 is 5.97 Å². The van der Waals surface area contributed by atoms with Crippen LogP contribution in [0, 0.1) is 46.3 Å². The first kappa shape index (κ1) is 34.3. The Morgan fingerprint density at radius 3 is 1.98 bits per heavy atom. The molecule has 0 amide bonds.